The van der Waals surface area contributed by atoms with E-state index in [1.54, 1.807) is 0 Å². The first-order valence-electron chi connectivity index (χ1n) is 5.76. The largest absolute Gasteiger partial charge is 0.370 e. The van der Waals surface area contributed by atoms with E-state index in [-0.39, 0.29) is 18.5 Å². The van der Waals surface area contributed by atoms with Crippen molar-refractivity contribution in [1.29, 1.82) is 0 Å². The van der Waals surface area contributed by atoms with Gasteiger partial charge in [-0.05, 0) is 19.3 Å². The van der Waals surface area contributed by atoms with Crippen LogP contribution in [0.5, 0.6) is 0 Å². The molecule has 2 aliphatic heterocycles. The molecule has 0 amide bonds. The Balaban J connectivity index is 0.000000963. The number of halogens is 1. The molecule has 1 fully saturated rings. The Morgan fingerprint density at radius 1 is 1.44 bits per heavy atom. The summed E-state index contributed by atoms with van der Waals surface area (Å²) >= 11 is 0. The van der Waals surface area contributed by atoms with Crippen LogP contribution in [-0.4, -0.2) is 22.2 Å². The van der Waals surface area contributed by atoms with Gasteiger partial charge in [0.15, 0.2) is 0 Å². The molecule has 16 heavy (non-hydrogen) atoms. The maximum Gasteiger partial charge on any atom is 0.138 e. The number of ether oxygens (including phenoxy) is 1. The molecule has 2 N–H and O–H groups in total. The Bertz CT molecular complexity index is 360. The molecule has 3 rings (SSSR count). The van der Waals surface area contributed by atoms with Crippen LogP contribution in [0.4, 0.5) is 0 Å². The van der Waals surface area contributed by atoms with Gasteiger partial charge in [0.2, 0.25) is 0 Å². The van der Waals surface area contributed by atoms with Crippen molar-refractivity contribution in [1.82, 2.24) is 9.55 Å². The van der Waals surface area contributed by atoms with E-state index in [0.717, 1.165) is 44.7 Å². The number of nitrogens with zero attached hydrogens (tertiary/aromatic N) is 2. The van der Waals surface area contributed by atoms with Crippen molar-refractivity contribution in [3.63, 3.8) is 0 Å². The van der Waals surface area contributed by atoms with Gasteiger partial charge in [0, 0.05) is 37.5 Å². The summed E-state index contributed by atoms with van der Waals surface area (Å²) in [6.45, 7) is 1.89. The minimum Gasteiger partial charge on any atom is -0.370 e. The standard InChI is InChI=1S/C11H17N3O.ClH/c12-8-3-4-14-9(6-8)7-13-11(14)10-2-1-5-15-10;/h7-8,10H,1-6,12H2;1H. The van der Waals surface area contributed by atoms with Crippen LogP contribution in [0.3, 0.4) is 0 Å². The van der Waals surface area contributed by atoms with Gasteiger partial charge in [-0.15, -0.1) is 12.4 Å². The summed E-state index contributed by atoms with van der Waals surface area (Å²) < 4.78 is 7.98. The topological polar surface area (TPSA) is 53.1 Å². The van der Waals surface area contributed by atoms with Crippen LogP contribution in [0.25, 0.3) is 0 Å². The lowest BCUT2D eigenvalue weighted by atomic mass is 10.1. The van der Waals surface area contributed by atoms with Crippen LogP contribution in [0.2, 0.25) is 0 Å². The van der Waals surface area contributed by atoms with Crippen LogP contribution in [-0.2, 0) is 17.7 Å². The molecule has 1 aromatic heterocycles. The molecule has 3 heterocycles. The van der Waals surface area contributed by atoms with E-state index < -0.39 is 0 Å². The lowest BCUT2D eigenvalue weighted by molar-refractivity contribution is 0.101. The van der Waals surface area contributed by atoms with Gasteiger partial charge >= 0.3 is 0 Å². The summed E-state index contributed by atoms with van der Waals surface area (Å²) in [6, 6.07) is 0.312. The van der Waals surface area contributed by atoms with Gasteiger partial charge in [0.1, 0.15) is 11.9 Å². The number of fused-ring (bicyclic) bond motifs is 1. The number of aromatic nitrogens is 2. The highest BCUT2D eigenvalue weighted by atomic mass is 35.5. The molecule has 0 spiro atoms. The van der Waals surface area contributed by atoms with Crippen molar-refractivity contribution in [2.45, 2.75) is 44.4 Å². The Morgan fingerprint density at radius 2 is 2.31 bits per heavy atom. The minimum absolute atomic E-state index is 0. The van der Waals surface area contributed by atoms with Crippen molar-refractivity contribution in [3.05, 3.63) is 17.7 Å². The second-order valence-corrected chi connectivity index (χ2v) is 4.51. The summed E-state index contributed by atoms with van der Waals surface area (Å²) in [6.07, 6.45) is 6.49. The maximum absolute atomic E-state index is 5.94. The summed E-state index contributed by atoms with van der Waals surface area (Å²) in [7, 11) is 0. The lowest BCUT2D eigenvalue weighted by Crippen LogP contribution is -2.31. The van der Waals surface area contributed by atoms with Crippen LogP contribution >= 0.6 is 12.4 Å². The van der Waals surface area contributed by atoms with Gasteiger partial charge in [-0.3, -0.25) is 0 Å². The molecule has 0 aliphatic carbocycles. The maximum atomic E-state index is 5.94. The SMILES string of the molecule is Cl.NC1CCn2c(cnc2C2CCCO2)C1. The highest BCUT2D eigenvalue weighted by Gasteiger charge is 2.26. The monoisotopic (exact) mass is 243 g/mol. The van der Waals surface area contributed by atoms with E-state index >= 15 is 0 Å². The zero-order valence-corrected chi connectivity index (χ0v) is 10.1. The van der Waals surface area contributed by atoms with Gasteiger partial charge in [0.25, 0.3) is 0 Å². The first-order chi connectivity index (χ1) is 7.34. The second kappa shape index (κ2) is 4.73. The Hall–Kier alpha value is -0.580. The molecule has 1 aromatic rings. The van der Waals surface area contributed by atoms with E-state index in [1.165, 1.54) is 5.69 Å². The quantitative estimate of drug-likeness (QED) is 0.812. The highest BCUT2D eigenvalue weighted by molar-refractivity contribution is 5.85. The average Bonchev–Trinajstić information content (AvgIpc) is 2.82. The first kappa shape index (κ1) is 11.9. The number of hydrogen-bond donors (Lipinski definition) is 1. The number of nitrogens with two attached hydrogens (primary N) is 1. The summed E-state index contributed by atoms with van der Waals surface area (Å²) in [5, 5.41) is 0. The van der Waals surface area contributed by atoms with Gasteiger partial charge in [-0.25, -0.2) is 4.98 Å². The molecule has 5 heteroatoms. The van der Waals surface area contributed by atoms with Crippen LogP contribution in [0.15, 0.2) is 6.20 Å². The molecule has 0 bridgehead atoms. The zero-order valence-electron chi connectivity index (χ0n) is 9.26. The van der Waals surface area contributed by atoms with Crippen LogP contribution in [0, 0.1) is 0 Å². The zero-order chi connectivity index (χ0) is 10.3. The van der Waals surface area contributed by atoms with E-state index in [1.807, 2.05) is 6.20 Å². The molecule has 0 saturated carbocycles. The third kappa shape index (κ3) is 1.97. The number of imidazole rings is 1. The molecular formula is C11H18ClN3O. The Labute approximate surface area is 102 Å². The van der Waals surface area contributed by atoms with E-state index in [2.05, 4.69) is 9.55 Å². The number of rotatable bonds is 1. The fraction of sp³-hybridized carbons (Fsp3) is 0.727. The third-order valence-electron chi connectivity index (χ3n) is 3.38. The molecule has 90 valence electrons. The molecule has 2 unspecified atom stereocenters. The van der Waals surface area contributed by atoms with Crippen molar-refractivity contribution in [3.8, 4) is 0 Å². The van der Waals surface area contributed by atoms with E-state index in [9.17, 15) is 0 Å². The number of hydrogen-bond acceptors (Lipinski definition) is 3. The van der Waals surface area contributed by atoms with E-state index in [0.29, 0.717) is 6.04 Å². The minimum atomic E-state index is 0. The van der Waals surface area contributed by atoms with Crippen LogP contribution < -0.4 is 5.73 Å². The van der Waals surface area contributed by atoms with Crippen molar-refractivity contribution < 1.29 is 4.74 Å². The average molecular weight is 244 g/mol. The lowest BCUT2D eigenvalue weighted by Gasteiger charge is -2.23. The Kier molecular flexibility index (Phi) is 3.52. The van der Waals surface area contributed by atoms with Crippen molar-refractivity contribution in [2.75, 3.05) is 6.61 Å². The molecule has 0 radical (unpaired) electrons. The third-order valence-corrected chi connectivity index (χ3v) is 3.38. The molecule has 2 atom stereocenters. The highest BCUT2D eigenvalue weighted by Crippen LogP contribution is 2.29. The molecule has 0 aromatic carbocycles. The van der Waals surface area contributed by atoms with Gasteiger partial charge in [0.05, 0.1) is 0 Å². The first-order valence-corrected chi connectivity index (χ1v) is 5.76. The van der Waals surface area contributed by atoms with Gasteiger partial charge in [-0.2, -0.15) is 0 Å². The smallest absolute Gasteiger partial charge is 0.138 e. The van der Waals surface area contributed by atoms with Crippen molar-refractivity contribution in [2.24, 2.45) is 5.73 Å². The molecule has 2 aliphatic rings. The molecule has 4 nitrogen and oxygen atoms in total. The normalized spacial score (nSPS) is 28.6. The van der Waals surface area contributed by atoms with Gasteiger partial charge in [-0.1, -0.05) is 0 Å². The predicted molar refractivity (Wildman–Crippen MR) is 63.7 cm³/mol. The summed E-state index contributed by atoms with van der Waals surface area (Å²) in [4.78, 5) is 4.50. The molecular weight excluding hydrogens is 226 g/mol. The summed E-state index contributed by atoms with van der Waals surface area (Å²) in [5.41, 5.74) is 7.22. The fourth-order valence-electron chi connectivity index (χ4n) is 2.55. The van der Waals surface area contributed by atoms with Gasteiger partial charge < -0.3 is 15.0 Å². The fourth-order valence-corrected chi connectivity index (χ4v) is 2.55. The van der Waals surface area contributed by atoms with E-state index in [4.69, 9.17) is 10.5 Å². The predicted octanol–water partition coefficient (Wildman–Crippen LogP) is 1.43. The van der Waals surface area contributed by atoms with Crippen LogP contribution in [0.1, 0.15) is 36.9 Å². The molecule has 1 saturated heterocycles. The second-order valence-electron chi connectivity index (χ2n) is 4.51. The Morgan fingerprint density at radius 3 is 3.06 bits per heavy atom. The van der Waals surface area contributed by atoms with Crippen molar-refractivity contribution >= 4 is 12.4 Å². The summed E-state index contributed by atoms with van der Waals surface area (Å²) in [5.74, 6) is 1.12.